The van der Waals surface area contributed by atoms with E-state index in [2.05, 4.69) is 32.7 Å². The van der Waals surface area contributed by atoms with Gasteiger partial charge in [0.1, 0.15) is 6.33 Å². The predicted molar refractivity (Wildman–Crippen MR) is 109 cm³/mol. The van der Waals surface area contributed by atoms with Crippen LogP contribution in [0.5, 0.6) is 0 Å². The van der Waals surface area contributed by atoms with Crippen molar-refractivity contribution >= 4 is 11.6 Å². The van der Waals surface area contributed by atoms with Crippen LogP contribution in [0.15, 0.2) is 73.3 Å². The Kier molecular flexibility index (Phi) is 7.23. The topological polar surface area (TPSA) is 76.1 Å². The molecule has 0 aliphatic carbocycles. The van der Waals surface area contributed by atoms with Gasteiger partial charge in [-0.2, -0.15) is 0 Å². The van der Waals surface area contributed by atoms with Gasteiger partial charge in [-0.25, -0.2) is 9.97 Å². The van der Waals surface area contributed by atoms with Gasteiger partial charge in [0.25, 0.3) is 5.91 Å². The molecule has 0 saturated carbocycles. The highest BCUT2D eigenvalue weighted by Crippen LogP contribution is 2.23. The molecular weight excluding hydrogens is 352 g/mol. The van der Waals surface area contributed by atoms with Gasteiger partial charge >= 0.3 is 0 Å². The van der Waals surface area contributed by atoms with Crippen molar-refractivity contribution in [3.8, 4) is 0 Å². The van der Waals surface area contributed by atoms with Crippen LogP contribution in [0.25, 0.3) is 0 Å². The van der Waals surface area contributed by atoms with E-state index in [0.29, 0.717) is 17.9 Å². The van der Waals surface area contributed by atoms with Crippen LogP contribution in [0.3, 0.4) is 0 Å². The molecule has 0 aliphatic rings. The molecule has 3 aromatic rings. The average molecular weight is 376 g/mol. The van der Waals surface area contributed by atoms with Gasteiger partial charge in [0, 0.05) is 18.1 Å². The molecule has 0 saturated heterocycles. The maximum atomic E-state index is 12.3. The van der Waals surface area contributed by atoms with Crippen molar-refractivity contribution in [3.05, 3.63) is 90.0 Å². The van der Waals surface area contributed by atoms with E-state index in [-0.39, 0.29) is 12.0 Å². The van der Waals surface area contributed by atoms with E-state index in [1.165, 1.54) is 18.7 Å². The van der Waals surface area contributed by atoms with E-state index in [1.807, 2.05) is 49.5 Å². The van der Waals surface area contributed by atoms with E-state index in [1.54, 1.807) is 0 Å². The SMILES string of the molecule is CNCCC(OCc1cccc(NC(=O)c2cncnc2)c1)c1ccccc1. The fraction of sp³-hybridized carbons (Fsp3) is 0.227. The number of amides is 1. The lowest BCUT2D eigenvalue weighted by Gasteiger charge is -2.19. The van der Waals surface area contributed by atoms with E-state index >= 15 is 0 Å². The minimum Gasteiger partial charge on any atom is -0.369 e. The van der Waals surface area contributed by atoms with Gasteiger partial charge in [-0.15, -0.1) is 0 Å². The van der Waals surface area contributed by atoms with Crippen LogP contribution < -0.4 is 10.6 Å². The summed E-state index contributed by atoms with van der Waals surface area (Å²) < 4.78 is 6.19. The molecule has 1 aromatic heterocycles. The molecule has 3 rings (SSSR count). The Labute approximate surface area is 165 Å². The lowest BCUT2D eigenvalue weighted by atomic mass is 10.1. The summed E-state index contributed by atoms with van der Waals surface area (Å²) in [6.07, 6.45) is 5.26. The van der Waals surface area contributed by atoms with E-state index < -0.39 is 0 Å². The monoisotopic (exact) mass is 376 g/mol. The zero-order valence-corrected chi connectivity index (χ0v) is 15.8. The van der Waals surface area contributed by atoms with Crippen LogP contribution in [0, 0.1) is 0 Å². The maximum Gasteiger partial charge on any atom is 0.258 e. The number of nitrogens with zero attached hydrogens (tertiary/aromatic N) is 2. The minimum atomic E-state index is -0.241. The Morgan fingerprint density at radius 1 is 1.07 bits per heavy atom. The second kappa shape index (κ2) is 10.3. The Balaban J connectivity index is 1.63. The van der Waals surface area contributed by atoms with Crippen LogP contribution in [0.1, 0.15) is 34.0 Å². The van der Waals surface area contributed by atoms with Gasteiger partial charge in [0.15, 0.2) is 0 Å². The highest BCUT2D eigenvalue weighted by atomic mass is 16.5. The van der Waals surface area contributed by atoms with Gasteiger partial charge in [0.2, 0.25) is 0 Å². The number of anilines is 1. The first kappa shape index (κ1) is 19.7. The van der Waals surface area contributed by atoms with Gasteiger partial charge in [-0.05, 0) is 43.3 Å². The summed E-state index contributed by atoms with van der Waals surface area (Å²) in [5.74, 6) is -0.241. The van der Waals surface area contributed by atoms with Crippen LogP contribution in [-0.4, -0.2) is 29.5 Å². The predicted octanol–water partition coefficient (Wildman–Crippen LogP) is 3.60. The highest BCUT2D eigenvalue weighted by molar-refractivity contribution is 6.03. The smallest absolute Gasteiger partial charge is 0.258 e. The third kappa shape index (κ3) is 5.70. The largest absolute Gasteiger partial charge is 0.369 e. The third-order valence-corrected chi connectivity index (χ3v) is 4.29. The summed E-state index contributed by atoms with van der Waals surface area (Å²) in [6, 6.07) is 17.9. The summed E-state index contributed by atoms with van der Waals surface area (Å²) in [7, 11) is 1.94. The van der Waals surface area contributed by atoms with Crippen molar-refractivity contribution in [1.29, 1.82) is 0 Å². The normalized spacial score (nSPS) is 11.8. The van der Waals surface area contributed by atoms with Crippen molar-refractivity contribution in [2.45, 2.75) is 19.1 Å². The summed E-state index contributed by atoms with van der Waals surface area (Å²) in [4.78, 5) is 20.0. The van der Waals surface area contributed by atoms with Gasteiger partial charge < -0.3 is 15.4 Å². The molecule has 6 nitrogen and oxygen atoms in total. The number of nitrogens with one attached hydrogen (secondary N) is 2. The van der Waals surface area contributed by atoms with Crippen LogP contribution in [0.4, 0.5) is 5.69 Å². The molecule has 144 valence electrons. The Morgan fingerprint density at radius 3 is 2.61 bits per heavy atom. The molecule has 1 amide bonds. The maximum absolute atomic E-state index is 12.3. The molecule has 0 spiro atoms. The number of carbonyl (C=O) groups excluding carboxylic acids is 1. The molecule has 1 heterocycles. The zero-order valence-electron chi connectivity index (χ0n) is 15.8. The molecular formula is C22H24N4O2. The Hall–Kier alpha value is -3.09. The van der Waals surface area contributed by atoms with Crippen LogP contribution >= 0.6 is 0 Å². The standard InChI is InChI=1S/C22H24N4O2/c1-23-11-10-21(18-7-3-2-4-8-18)28-15-17-6-5-9-20(12-17)26-22(27)19-13-24-16-25-14-19/h2-9,12-14,16,21,23H,10-11,15H2,1H3,(H,26,27). The first-order chi connectivity index (χ1) is 13.8. The van der Waals surface area contributed by atoms with Gasteiger partial charge in [-0.3, -0.25) is 4.79 Å². The summed E-state index contributed by atoms with van der Waals surface area (Å²) in [5, 5.41) is 6.04. The van der Waals surface area contributed by atoms with Crippen molar-refractivity contribution < 1.29 is 9.53 Å². The highest BCUT2D eigenvalue weighted by Gasteiger charge is 2.12. The molecule has 0 aliphatic heterocycles. The number of ether oxygens (including phenoxy) is 1. The lowest BCUT2D eigenvalue weighted by Crippen LogP contribution is -2.15. The molecule has 6 heteroatoms. The Morgan fingerprint density at radius 2 is 1.86 bits per heavy atom. The Bertz CT molecular complexity index is 872. The van der Waals surface area contributed by atoms with Crippen LogP contribution in [0.2, 0.25) is 0 Å². The number of benzene rings is 2. The minimum absolute atomic E-state index is 0.00775. The first-order valence-electron chi connectivity index (χ1n) is 9.22. The number of rotatable bonds is 9. The second-order valence-electron chi connectivity index (χ2n) is 6.38. The van der Waals surface area contributed by atoms with Gasteiger partial charge in [-0.1, -0.05) is 42.5 Å². The van der Waals surface area contributed by atoms with Crippen molar-refractivity contribution in [3.63, 3.8) is 0 Å². The lowest BCUT2D eigenvalue weighted by molar-refractivity contribution is 0.0344. The number of hydrogen-bond acceptors (Lipinski definition) is 5. The van der Waals surface area contributed by atoms with Crippen LogP contribution in [-0.2, 0) is 11.3 Å². The quantitative estimate of drug-likeness (QED) is 0.597. The molecule has 0 fully saturated rings. The molecule has 1 atom stereocenters. The van der Waals surface area contributed by atoms with Crippen molar-refractivity contribution in [1.82, 2.24) is 15.3 Å². The van der Waals surface area contributed by atoms with E-state index in [4.69, 9.17) is 4.74 Å². The third-order valence-electron chi connectivity index (χ3n) is 4.29. The zero-order chi connectivity index (χ0) is 19.6. The molecule has 2 aromatic carbocycles. The summed E-state index contributed by atoms with van der Waals surface area (Å²) >= 11 is 0. The second-order valence-corrected chi connectivity index (χ2v) is 6.38. The molecule has 28 heavy (non-hydrogen) atoms. The molecule has 0 bridgehead atoms. The van der Waals surface area contributed by atoms with Gasteiger partial charge in [0.05, 0.1) is 18.3 Å². The fourth-order valence-electron chi connectivity index (χ4n) is 2.84. The number of carbonyl (C=O) groups is 1. The molecule has 2 N–H and O–H groups in total. The van der Waals surface area contributed by atoms with E-state index in [9.17, 15) is 4.79 Å². The summed E-state index contributed by atoms with van der Waals surface area (Å²) in [6.45, 7) is 1.33. The summed E-state index contributed by atoms with van der Waals surface area (Å²) in [5.41, 5.74) is 3.28. The first-order valence-corrected chi connectivity index (χ1v) is 9.22. The fourth-order valence-corrected chi connectivity index (χ4v) is 2.84. The molecule has 1 unspecified atom stereocenters. The van der Waals surface area contributed by atoms with Crippen molar-refractivity contribution in [2.24, 2.45) is 0 Å². The van der Waals surface area contributed by atoms with E-state index in [0.717, 1.165) is 24.1 Å². The average Bonchev–Trinajstić information content (AvgIpc) is 2.75. The number of hydrogen-bond donors (Lipinski definition) is 2. The van der Waals surface area contributed by atoms with Crippen molar-refractivity contribution in [2.75, 3.05) is 18.9 Å². The number of aromatic nitrogens is 2. The molecule has 0 radical (unpaired) electrons.